The average molecular weight is 214 g/mol. The fourth-order valence-electron chi connectivity index (χ4n) is 1.50. The summed E-state index contributed by atoms with van der Waals surface area (Å²) in [6, 6.07) is 0. The van der Waals surface area contributed by atoms with Crippen molar-refractivity contribution in [3.05, 3.63) is 0 Å². The highest BCUT2D eigenvalue weighted by atomic mass is 16.5. The fraction of sp³-hybridized carbons (Fsp3) is 0.923. The van der Waals surface area contributed by atoms with Crippen LogP contribution in [0, 0.1) is 23.7 Å². The van der Waals surface area contributed by atoms with Crippen molar-refractivity contribution in [1.29, 1.82) is 0 Å². The first-order valence-corrected chi connectivity index (χ1v) is 6.01. The van der Waals surface area contributed by atoms with Crippen LogP contribution >= 0.6 is 0 Å². The zero-order chi connectivity index (χ0) is 12.0. The van der Waals surface area contributed by atoms with Gasteiger partial charge in [-0.25, -0.2) is 0 Å². The van der Waals surface area contributed by atoms with Gasteiger partial charge in [0.2, 0.25) is 0 Å². The number of rotatable bonds is 6. The number of ether oxygens (including phenoxy) is 1. The van der Waals surface area contributed by atoms with Crippen LogP contribution in [0.4, 0.5) is 0 Å². The Bertz CT molecular complexity index is 183. The molecular formula is C13H26O2. The van der Waals surface area contributed by atoms with Gasteiger partial charge in [-0.15, -0.1) is 0 Å². The molecule has 0 saturated heterocycles. The van der Waals surface area contributed by atoms with Crippen LogP contribution in [0.5, 0.6) is 0 Å². The lowest BCUT2D eigenvalue weighted by atomic mass is 9.88. The van der Waals surface area contributed by atoms with Crippen molar-refractivity contribution in [1.82, 2.24) is 0 Å². The highest BCUT2D eigenvalue weighted by molar-refractivity contribution is 5.72. The van der Waals surface area contributed by atoms with Crippen molar-refractivity contribution in [2.45, 2.75) is 48.0 Å². The minimum atomic E-state index is -0.0209. The summed E-state index contributed by atoms with van der Waals surface area (Å²) in [7, 11) is 0. The average Bonchev–Trinajstić information content (AvgIpc) is 2.09. The van der Waals surface area contributed by atoms with Crippen LogP contribution in [0.2, 0.25) is 0 Å². The summed E-state index contributed by atoms with van der Waals surface area (Å²) < 4.78 is 5.29. The van der Waals surface area contributed by atoms with Crippen LogP contribution in [-0.4, -0.2) is 12.6 Å². The molecule has 1 atom stereocenters. The van der Waals surface area contributed by atoms with E-state index in [4.69, 9.17) is 4.74 Å². The molecule has 0 aromatic heterocycles. The minimum Gasteiger partial charge on any atom is -0.465 e. The Morgan fingerprint density at radius 2 is 1.53 bits per heavy atom. The third-order valence-electron chi connectivity index (χ3n) is 2.39. The van der Waals surface area contributed by atoms with E-state index >= 15 is 0 Å². The number of esters is 1. The third kappa shape index (κ3) is 6.53. The molecule has 2 nitrogen and oxygen atoms in total. The summed E-state index contributed by atoms with van der Waals surface area (Å²) in [6.45, 7) is 13.1. The monoisotopic (exact) mass is 214 g/mol. The van der Waals surface area contributed by atoms with Crippen LogP contribution in [-0.2, 0) is 9.53 Å². The zero-order valence-corrected chi connectivity index (χ0v) is 11.0. The summed E-state index contributed by atoms with van der Waals surface area (Å²) in [5.41, 5.74) is 0. The molecule has 0 radical (unpaired) electrons. The van der Waals surface area contributed by atoms with Gasteiger partial charge in [0.15, 0.2) is 0 Å². The summed E-state index contributed by atoms with van der Waals surface area (Å²) >= 11 is 0. The van der Waals surface area contributed by atoms with Gasteiger partial charge in [-0.05, 0) is 24.2 Å². The van der Waals surface area contributed by atoms with E-state index in [2.05, 4.69) is 41.5 Å². The third-order valence-corrected chi connectivity index (χ3v) is 2.39. The summed E-state index contributed by atoms with van der Waals surface area (Å²) in [5, 5.41) is 0. The van der Waals surface area contributed by atoms with E-state index in [1.807, 2.05) is 0 Å². The van der Waals surface area contributed by atoms with Gasteiger partial charge < -0.3 is 4.74 Å². The topological polar surface area (TPSA) is 26.3 Å². The first-order chi connectivity index (χ1) is 6.84. The Labute approximate surface area is 94.4 Å². The Morgan fingerprint density at radius 3 is 1.87 bits per heavy atom. The molecule has 0 heterocycles. The summed E-state index contributed by atoms with van der Waals surface area (Å²) in [6.07, 6.45) is 0.925. The van der Waals surface area contributed by atoms with Gasteiger partial charge in [0.05, 0.1) is 12.5 Å². The van der Waals surface area contributed by atoms with E-state index in [1.165, 1.54) is 0 Å². The highest BCUT2D eigenvalue weighted by Gasteiger charge is 2.24. The van der Waals surface area contributed by atoms with E-state index in [1.54, 1.807) is 0 Å². The van der Waals surface area contributed by atoms with E-state index in [0.29, 0.717) is 24.4 Å². The van der Waals surface area contributed by atoms with E-state index in [-0.39, 0.29) is 11.9 Å². The van der Waals surface area contributed by atoms with Crippen LogP contribution in [0.3, 0.4) is 0 Å². The molecule has 15 heavy (non-hydrogen) atoms. The molecular weight excluding hydrogens is 188 g/mol. The molecule has 0 rings (SSSR count). The first-order valence-electron chi connectivity index (χ1n) is 6.01. The van der Waals surface area contributed by atoms with Crippen molar-refractivity contribution in [2.75, 3.05) is 6.61 Å². The maximum atomic E-state index is 11.8. The number of hydrogen-bond acceptors (Lipinski definition) is 2. The van der Waals surface area contributed by atoms with Crippen LogP contribution in [0.1, 0.15) is 48.0 Å². The second-order valence-corrected chi connectivity index (χ2v) is 5.50. The molecule has 90 valence electrons. The molecule has 0 aromatic rings. The Kier molecular flexibility index (Phi) is 6.62. The van der Waals surface area contributed by atoms with Crippen molar-refractivity contribution < 1.29 is 9.53 Å². The fourth-order valence-corrected chi connectivity index (χ4v) is 1.50. The highest BCUT2D eigenvalue weighted by Crippen LogP contribution is 2.21. The minimum absolute atomic E-state index is 0.0209. The van der Waals surface area contributed by atoms with Gasteiger partial charge in [-0.1, -0.05) is 41.5 Å². The van der Waals surface area contributed by atoms with Crippen LogP contribution in [0.15, 0.2) is 0 Å². The smallest absolute Gasteiger partial charge is 0.309 e. The molecule has 0 N–H and O–H groups in total. The largest absolute Gasteiger partial charge is 0.465 e. The van der Waals surface area contributed by atoms with E-state index in [9.17, 15) is 4.79 Å². The second-order valence-electron chi connectivity index (χ2n) is 5.50. The van der Waals surface area contributed by atoms with Crippen LogP contribution in [0.25, 0.3) is 0 Å². The molecule has 2 heteroatoms. The van der Waals surface area contributed by atoms with Crippen LogP contribution < -0.4 is 0 Å². The number of hydrogen-bond donors (Lipinski definition) is 0. The lowest BCUT2D eigenvalue weighted by Gasteiger charge is -2.21. The SMILES string of the molecule is CC(C)COC(=O)C(CC(C)C)C(C)C. The second kappa shape index (κ2) is 6.86. The molecule has 0 amide bonds. The molecule has 0 saturated carbocycles. The lowest BCUT2D eigenvalue weighted by molar-refractivity contribution is -0.151. The number of carbonyl (C=O) groups is 1. The quantitative estimate of drug-likeness (QED) is 0.632. The predicted molar refractivity (Wildman–Crippen MR) is 63.6 cm³/mol. The van der Waals surface area contributed by atoms with Crippen molar-refractivity contribution in [2.24, 2.45) is 23.7 Å². The standard InChI is InChI=1S/C13H26O2/c1-9(2)7-12(11(5)6)13(14)15-8-10(3)4/h9-12H,7-8H2,1-6H3. The molecule has 0 aromatic carbocycles. The van der Waals surface area contributed by atoms with Gasteiger partial charge in [-0.2, -0.15) is 0 Å². The van der Waals surface area contributed by atoms with Gasteiger partial charge in [-0.3, -0.25) is 4.79 Å². The van der Waals surface area contributed by atoms with E-state index < -0.39 is 0 Å². The Balaban J connectivity index is 4.17. The normalized spacial score (nSPS) is 13.7. The number of carbonyl (C=O) groups excluding carboxylic acids is 1. The van der Waals surface area contributed by atoms with Crippen molar-refractivity contribution in [3.63, 3.8) is 0 Å². The van der Waals surface area contributed by atoms with E-state index in [0.717, 1.165) is 6.42 Å². The van der Waals surface area contributed by atoms with Gasteiger partial charge in [0.1, 0.15) is 0 Å². The lowest BCUT2D eigenvalue weighted by Crippen LogP contribution is -2.25. The predicted octanol–water partition coefficient (Wildman–Crippen LogP) is 3.50. The molecule has 0 aliphatic rings. The molecule has 0 spiro atoms. The molecule has 0 aliphatic heterocycles. The maximum Gasteiger partial charge on any atom is 0.309 e. The molecule has 1 unspecified atom stereocenters. The first kappa shape index (κ1) is 14.5. The van der Waals surface area contributed by atoms with Crippen molar-refractivity contribution in [3.8, 4) is 0 Å². The van der Waals surface area contributed by atoms with Crippen molar-refractivity contribution >= 4 is 5.97 Å². The Hall–Kier alpha value is -0.530. The Morgan fingerprint density at radius 1 is 1.00 bits per heavy atom. The van der Waals surface area contributed by atoms with Gasteiger partial charge in [0.25, 0.3) is 0 Å². The zero-order valence-electron chi connectivity index (χ0n) is 11.0. The summed E-state index contributed by atoms with van der Waals surface area (Å²) in [5.74, 6) is 1.37. The molecule has 0 bridgehead atoms. The summed E-state index contributed by atoms with van der Waals surface area (Å²) in [4.78, 5) is 11.8. The molecule has 0 fully saturated rings. The van der Waals surface area contributed by atoms with Gasteiger partial charge in [0, 0.05) is 0 Å². The maximum absolute atomic E-state index is 11.8. The molecule has 0 aliphatic carbocycles. The van der Waals surface area contributed by atoms with Gasteiger partial charge >= 0.3 is 5.97 Å².